The number of nitrogen functional groups attached to an aromatic ring is 1. The molecule has 1 aliphatic carbocycles. The minimum absolute atomic E-state index is 0.291. The van der Waals surface area contributed by atoms with Crippen molar-refractivity contribution in [3.63, 3.8) is 0 Å². The van der Waals surface area contributed by atoms with Crippen LogP contribution in [0.25, 0.3) is 11.0 Å². The number of fused-ring (bicyclic) bond motifs is 1. The molecule has 28 heavy (non-hydrogen) atoms. The van der Waals surface area contributed by atoms with Crippen LogP contribution < -0.4 is 5.73 Å². The number of benzene rings is 1. The van der Waals surface area contributed by atoms with Crippen molar-refractivity contribution in [1.82, 2.24) is 14.5 Å². The number of nitrogens with two attached hydrogens (primary N) is 1. The van der Waals surface area contributed by atoms with Crippen LogP contribution in [0.1, 0.15) is 29.7 Å². The van der Waals surface area contributed by atoms with E-state index < -0.39 is 30.3 Å². The molecule has 1 fully saturated rings. The molecule has 2 heterocycles. The zero-order chi connectivity index (χ0) is 20.0. The summed E-state index contributed by atoms with van der Waals surface area (Å²) in [6, 6.07) is 6.09. The van der Waals surface area contributed by atoms with Crippen molar-refractivity contribution in [3.05, 3.63) is 52.9 Å². The lowest BCUT2D eigenvalue weighted by atomic mass is 9.90. The predicted octanol–water partition coefficient (Wildman–Crippen LogP) is 1.18. The first-order valence-corrected chi connectivity index (χ1v) is 9.30. The van der Waals surface area contributed by atoms with E-state index >= 15 is 0 Å². The lowest BCUT2D eigenvalue weighted by molar-refractivity contribution is -0.0268. The molecule has 0 aliphatic heterocycles. The third-order valence-electron chi connectivity index (χ3n) is 5.59. The van der Waals surface area contributed by atoms with Crippen LogP contribution in [0.5, 0.6) is 0 Å². The Bertz CT molecular complexity index is 1010. The highest BCUT2D eigenvalue weighted by Gasteiger charge is 2.46. The first-order chi connectivity index (χ1) is 13.4. The van der Waals surface area contributed by atoms with Crippen LogP contribution in [0.2, 0.25) is 5.02 Å². The maximum atomic E-state index is 10.9. The Labute approximate surface area is 165 Å². The van der Waals surface area contributed by atoms with Crippen molar-refractivity contribution in [3.8, 4) is 0 Å². The van der Waals surface area contributed by atoms with Gasteiger partial charge in [0.1, 0.15) is 23.9 Å². The summed E-state index contributed by atoms with van der Waals surface area (Å²) in [4.78, 5) is 8.20. The highest BCUT2D eigenvalue weighted by molar-refractivity contribution is 6.30. The van der Waals surface area contributed by atoms with Gasteiger partial charge in [-0.25, -0.2) is 9.97 Å². The fraction of sp³-hybridized carbons (Fsp3) is 0.368. The van der Waals surface area contributed by atoms with Gasteiger partial charge in [-0.3, -0.25) is 0 Å². The first kappa shape index (κ1) is 19.1. The number of aromatic nitrogens is 3. The van der Waals surface area contributed by atoms with Gasteiger partial charge in [0.15, 0.2) is 0 Å². The van der Waals surface area contributed by atoms with Crippen molar-refractivity contribution < 1.29 is 20.4 Å². The molecule has 0 radical (unpaired) electrons. The third kappa shape index (κ3) is 3.03. The molecule has 1 saturated carbocycles. The molecule has 3 aromatic rings. The van der Waals surface area contributed by atoms with Crippen LogP contribution in [0.3, 0.4) is 0 Å². The van der Waals surface area contributed by atoms with Crippen molar-refractivity contribution in [2.75, 3.05) is 5.73 Å². The van der Waals surface area contributed by atoms with Crippen LogP contribution in [0, 0.1) is 5.92 Å². The molecular formula is C19H21ClN4O4. The van der Waals surface area contributed by atoms with E-state index in [-0.39, 0.29) is 6.61 Å². The lowest BCUT2D eigenvalue weighted by Gasteiger charge is -2.24. The number of anilines is 1. The van der Waals surface area contributed by atoms with E-state index in [0.29, 0.717) is 39.4 Å². The van der Waals surface area contributed by atoms with Crippen LogP contribution in [0.4, 0.5) is 5.82 Å². The Balaban J connectivity index is 1.67. The smallest absolute Gasteiger partial charge is 0.145 e. The number of hydrogen-bond acceptors (Lipinski definition) is 7. The SMILES string of the molecule is Nc1ncnc2c1ccn2[C@@H]1C[C@H](C(O)c2ccc(Cl)cc2CO)[C@@H](O)[C@H]1O. The van der Waals surface area contributed by atoms with Crippen LogP contribution in [0.15, 0.2) is 36.8 Å². The van der Waals surface area contributed by atoms with Crippen LogP contribution >= 0.6 is 11.6 Å². The van der Waals surface area contributed by atoms with Gasteiger partial charge in [-0.1, -0.05) is 17.7 Å². The Morgan fingerprint density at radius 1 is 1.21 bits per heavy atom. The average Bonchev–Trinajstić information content (AvgIpc) is 3.24. The molecule has 148 valence electrons. The fourth-order valence-corrected chi connectivity index (χ4v) is 4.32. The van der Waals surface area contributed by atoms with Gasteiger partial charge in [-0.05, 0) is 35.7 Å². The average molecular weight is 405 g/mol. The molecule has 6 N–H and O–H groups in total. The zero-order valence-corrected chi connectivity index (χ0v) is 15.6. The summed E-state index contributed by atoms with van der Waals surface area (Å²) in [7, 11) is 0. The number of halogens is 1. The van der Waals surface area contributed by atoms with E-state index in [0.717, 1.165) is 0 Å². The highest BCUT2D eigenvalue weighted by Crippen LogP contribution is 2.44. The van der Waals surface area contributed by atoms with Crippen LogP contribution in [-0.2, 0) is 6.61 Å². The molecule has 1 aromatic carbocycles. The summed E-state index contributed by atoms with van der Waals surface area (Å²) in [6.07, 6.45) is 0.0715. The van der Waals surface area contributed by atoms with Crippen molar-refractivity contribution in [2.24, 2.45) is 5.92 Å². The maximum absolute atomic E-state index is 10.9. The van der Waals surface area contributed by atoms with E-state index in [1.54, 1.807) is 35.0 Å². The first-order valence-electron chi connectivity index (χ1n) is 8.92. The molecule has 2 aromatic heterocycles. The number of aliphatic hydroxyl groups is 4. The molecular weight excluding hydrogens is 384 g/mol. The fourth-order valence-electron chi connectivity index (χ4n) is 4.12. The molecule has 1 aliphatic rings. The molecule has 0 saturated heterocycles. The monoisotopic (exact) mass is 404 g/mol. The Hall–Kier alpha value is -2.23. The van der Waals surface area contributed by atoms with E-state index in [1.807, 2.05) is 0 Å². The summed E-state index contributed by atoms with van der Waals surface area (Å²) in [6.45, 7) is -0.291. The van der Waals surface area contributed by atoms with E-state index in [1.165, 1.54) is 6.33 Å². The van der Waals surface area contributed by atoms with Gasteiger partial charge in [0, 0.05) is 17.1 Å². The van der Waals surface area contributed by atoms with E-state index in [2.05, 4.69) is 9.97 Å². The van der Waals surface area contributed by atoms with Gasteiger partial charge < -0.3 is 30.7 Å². The summed E-state index contributed by atoms with van der Waals surface area (Å²) in [5.74, 6) is -0.301. The second kappa shape index (κ2) is 7.31. The van der Waals surface area contributed by atoms with Gasteiger partial charge in [0.2, 0.25) is 0 Å². The third-order valence-corrected chi connectivity index (χ3v) is 5.83. The number of rotatable bonds is 4. The van der Waals surface area contributed by atoms with Crippen molar-refractivity contribution in [1.29, 1.82) is 0 Å². The zero-order valence-electron chi connectivity index (χ0n) is 14.9. The van der Waals surface area contributed by atoms with Gasteiger partial charge in [-0.15, -0.1) is 0 Å². The Morgan fingerprint density at radius 3 is 2.75 bits per heavy atom. The number of aliphatic hydroxyl groups excluding tert-OH is 4. The summed E-state index contributed by atoms with van der Waals surface area (Å²) in [5.41, 5.74) is 7.39. The Kier molecular flexibility index (Phi) is 4.98. The van der Waals surface area contributed by atoms with Gasteiger partial charge in [-0.2, -0.15) is 0 Å². The summed E-state index contributed by atoms with van der Waals surface area (Å²) >= 11 is 5.96. The topological polar surface area (TPSA) is 138 Å². The minimum atomic E-state index is -1.15. The van der Waals surface area contributed by atoms with Crippen molar-refractivity contribution in [2.45, 2.75) is 37.4 Å². The Morgan fingerprint density at radius 2 is 2.00 bits per heavy atom. The van der Waals surface area contributed by atoms with Crippen molar-refractivity contribution >= 4 is 28.5 Å². The molecule has 1 unspecified atom stereocenters. The number of hydrogen-bond donors (Lipinski definition) is 5. The molecule has 5 atom stereocenters. The summed E-state index contributed by atoms with van der Waals surface area (Å²) in [5, 5.41) is 42.9. The van der Waals surface area contributed by atoms with Gasteiger partial charge >= 0.3 is 0 Å². The molecule has 4 rings (SSSR count). The minimum Gasteiger partial charge on any atom is -0.392 e. The highest BCUT2D eigenvalue weighted by atomic mass is 35.5. The quantitative estimate of drug-likeness (QED) is 0.440. The predicted molar refractivity (Wildman–Crippen MR) is 103 cm³/mol. The molecule has 8 nitrogen and oxygen atoms in total. The molecule has 0 amide bonds. The maximum Gasteiger partial charge on any atom is 0.145 e. The summed E-state index contributed by atoms with van der Waals surface area (Å²) < 4.78 is 1.75. The van der Waals surface area contributed by atoms with Crippen LogP contribution in [-0.4, -0.2) is 47.2 Å². The number of nitrogens with zero attached hydrogens (tertiary/aromatic N) is 3. The normalized spacial score (nSPS) is 26.0. The van der Waals surface area contributed by atoms with Gasteiger partial charge in [0.05, 0.1) is 30.2 Å². The second-order valence-corrected chi connectivity index (χ2v) is 7.55. The van der Waals surface area contributed by atoms with Gasteiger partial charge in [0.25, 0.3) is 0 Å². The lowest BCUT2D eigenvalue weighted by Crippen LogP contribution is -2.31. The molecule has 0 spiro atoms. The standard InChI is InChI=1S/C19H21ClN4O4/c20-10-1-2-11(9(5-10)7-25)15(26)13-6-14(17(28)16(13)27)24-4-3-12-18(21)22-8-23-19(12)24/h1-5,8,13-17,25-28H,6-7H2,(H2,21,22,23)/t13-,14-,15?,16-,17+/m1/s1. The molecule has 9 heteroatoms. The largest absolute Gasteiger partial charge is 0.392 e. The van der Waals surface area contributed by atoms with E-state index in [4.69, 9.17) is 17.3 Å². The van der Waals surface area contributed by atoms with E-state index in [9.17, 15) is 20.4 Å². The second-order valence-electron chi connectivity index (χ2n) is 7.11. The molecule has 0 bridgehead atoms.